The van der Waals surface area contributed by atoms with Gasteiger partial charge in [-0.15, -0.1) is 4.68 Å². The molecule has 6 N–H and O–H groups in total. The summed E-state index contributed by atoms with van der Waals surface area (Å²) in [5, 5.41) is 15.2. The molecule has 1 amide bonds. The number of carbonyl (C=O) groups excluding carboxylic acids is 1. The number of hydrogen-bond donors (Lipinski definition) is 5. The highest BCUT2D eigenvalue weighted by Crippen LogP contribution is 2.32. The predicted molar refractivity (Wildman–Crippen MR) is 147 cm³/mol. The van der Waals surface area contributed by atoms with Gasteiger partial charge in [0.05, 0.1) is 24.8 Å². The molecule has 0 bridgehead atoms. The van der Waals surface area contributed by atoms with Gasteiger partial charge in [0.25, 0.3) is 0 Å². The van der Waals surface area contributed by atoms with Crippen LogP contribution in [0.4, 0.5) is 23.2 Å². The molecular formula is C30H31F4N6O2+. The number of rotatable bonds is 10. The van der Waals surface area contributed by atoms with Gasteiger partial charge in [-0.2, -0.15) is 18.7 Å². The van der Waals surface area contributed by atoms with E-state index >= 15 is 4.39 Å². The maximum Gasteiger partial charge on any atom is 0.437 e. The Balaban J connectivity index is 1.52. The molecule has 0 saturated heterocycles. The lowest BCUT2D eigenvalue weighted by Crippen LogP contribution is -2.46. The zero-order valence-corrected chi connectivity index (χ0v) is 22.7. The molecule has 42 heavy (non-hydrogen) atoms. The molecule has 1 heterocycles. The number of nitrogens with zero attached hydrogens (tertiary/aromatic N) is 2. The number of benzene rings is 3. The van der Waals surface area contributed by atoms with Crippen LogP contribution in [0.2, 0.25) is 0 Å². The van der Waals surface area contributed by atoms with E-state index in [1.54, 1.807) is 12.1 Å². The molecule has 1 aromatic heterocycles. The molecule has 8 nitrogen and oxygen atoms in total. The van der Waals surface area contributed by atoms with Gasteiger partial charge in [-0.1, -0.05) is 53.2 Å². The molecule has 1 aliphatic carbocycles. The predicted octanol–water partition coefficient (Wildman–Crippen LogP) is 4.74. The quantitative estimate of drug-likeness (QED) is 0.0803. The van der Waals surface area contributed by atoms with Gasteiger partial charge in [0.1, 0.15) is 12.0 Å². The van der Waals surface area contributed by atoms with Gasteiger partial charge < -0.3 is 21.6 Å². The maximum absolute atomic E-state index is 15.0. The van der Waals surface area contributed by atoms with E-state index in [0.29, 0.717) is 23.1 Å². The lowest BCUT2D eigenvalue weighted by Gasteiger charge is -2.21. The van der Waals surface area contributed by atoms with Crippen molar-refractivity contribution in [2.45, 2.75) is 31.2 Å². The van der Waals surface area contributed by atoms with Crippen molar-refractivity contribution < 1.29 is 32.2 Å². The van der Waals surface area contributed by atoms with Crippen LogP contribution in [0.3, 0.4) is 0 Å². The number of hydrogen-bond acceptors (Lipinski definition) is 5. The number of anilines is 1. The Hall–Kier alpha value is -4.10. The summed E-state index contributed by atoms with van der Waals surface area (Å²) in [7, 11) is 1.16. The number of alkyl halides is 3. The van der Waals surface area contributed by atoms with Gasteiger partial charge >= 0.3 is 17.8 Å². The van der Waals surface area contributed by atoms with Crippen molar-refractivity contribution in [1.82, 2.24) is 15.5 Å². The van der Waals surface area contributed by atoms with E-state index in [1.165, 1.54) is 30.3 Å². The number of nitrogens with two attached hydrogens (primary N) is 1. The molecule has 4 aromatic rings. The lowest BCUT2D eigenvalue weighted by atomic mass is 9.97. The van der Waals surface area contributed by atoms with Crippen LogP contribution in [0.25, 0.3) is 5.69 Å². The van der Waals surface area contributed by atoms with Gasteiger partial charge in [0.15, 0.2) is 5.69 Å². The first kappa shape index (κ1) is 29.4. The van der Waals surface area contributed by atoms with Crippen molar-refractivity contribution >= 4 is 11.6 Å². The fourth-order valence-electron chi connectivity index (χ4n) is 4.90. The number of carbonyl (C=O) groups is 1. The third kappa shape index (κ3) is 6.36. The van der Waals surface area contributed by atoms with E-state index in [2.05, 4.69) is 10.6 Å². The molecule has 12 heteroatoms. The van der Waals surface area contributed by atoms with E-state index in [1.807, 2.05) is 35.8 Å². The van der Waals surface area contributed by atoms with Crippen molar-refractivity contribution in [3.63, 3.8) is 0 Å². The highest BCUT2D eigenvalue weighted by atomic mass is 19.4. The Morgan fingerprint density at radius 2 is 1.74 bits per heavy atom. The summed E-state index contributed by atoms with van der Waals surface area (Å²) in [6.07, 6.45) is -3.52. The highest BCUT2D eigenvalue weighted by molar-refractivity contribution is 6.02. The molecule has 1 saturated carbocycles. The second-order valence-corrected chi connectivity index (χ2v) is 10.3. The summed E-state index contributed by atoms with van der Waals surface area (Å²) in [5.41, 5.74) is 8.21. The Kier molecular flexibility index (Phi) is 8.41. The minimum atomic E-state index is -4.78. The van der Waals surface area contributed by atoms with Crippen LogP contribution in [-0.2, 0) is 13.2 Å². The molecule has 220 valence electrons. The minimum Gasteiger partial charge on any atom is -0.315 e. The van der Waals surface area contributed by atoms with Crippen LogP contribution in [0.5, 0.6) is 0 Å². The van der Waals surface area contributed by atoms with Crippen molar-refractivity contribution in [3.05, 3.63) is 113 Å². The van der Waals surface area contributed by atoms with Crippen LogP contribution in [0, 0.1) is 11.7 Å². The van der Waals surface area contributed by atoms with Crippen LogP contribution < -0.4 is 26.5 Å². The van der Waals surface area contributed by atoms with Gasteiger partial charge in [-0.25, -0.2) is 4.39 Å². The normalized spacial score (nSPS) is 14.9. The Morgan fingerprint density at radius 3 is 2.40 bits per heavy atom. The van der Waals surface area contributed by atoms with Crippen LogP contribution in [0.1, 0.15) is 57.9 Å². The SMILES string of the molecule is Cn1c(C(F)(F)F)cc(C(=O)Nc2cc(C(NCC3CC3)c3ccccc3)ccc2F)[n+]1-c1cccc(C(N)NO)c1. The van der Waals surface area contributed by atoms with E-state index in [0.717, 1.165) is 41.4 Å². The first-order valence-corrected chi connectivity index (χ1v) is 13.4. The van der Waals surface area contributed by atoms with Crippen molar-refractivity contribution in [2.75, 3.05) is 11.9 Å². The van der Waals surface area contributed by atoms with E-state index < -0.39 is 29.8 Å². The molecule has 2 unspecified atom stereocenters. The lowest BCUT2D eigenvalue weighted by molar-refractivity contribution is -0.685. The van der Waals surface area contributed by atoms with E-state index in [-0.39, 0.29) is 23.1 Å². The first-order valence-electron chi connectivity index (χ1n) is 13.4. The smallest absolute Gasteiger partial charge is 0.315 e. The Labute approximate surface area is 239 Å². The first-order chi connectivity index (χ1) is 20.1. The van der Waals surface area contributed by atoms with Gasteiger partial charge in [-0.05, 0) is 54.1 Å². The van der Waals surface area contributed by atoms with E-state index in [4.69, 9.17) is 5.73 Å². The number of aromatic nitrogens is 2. The molecule has 0 spiro atoms. The molecule has 0 radical (unpaired) electrons. The Bertz CT molecular complexity index is 1570. The average molecular weight is 584 g/mol. The third-order valence-electron chi connectivity index (χ3n) is 7.30. The summed E-state index contributed by atoms with van der Waals surface area (Å²) < 4.78 is 58.6. The summed E-state index contributed by atoms with van der Waals surface area (Å²) in [4.78, 5) is 13.5. The molecule has 3 aromatic carbocycles. The molecule has 1 aliphatic rings. The van der Waals surface area contributed by atoms with Crippen LogP contribution in [-0.4, -0.2) is 22.3 Å². The fraction of sp³-hybridized carbons (Fsp3) is 0.267. The zero-order chi connectivity index (χ0) is 30.0. The largest absolute Gasteiger partial charge is 0.437 e. The second kappa shape index (κ2) is 12.0. The van der Waals surface area contributed by atoms with Crippen LogP contribution in [0.15, 0.2) is 78.9 Å². The van der Waals surface area contributed by atoms with Crippen molar-refractivity contribution in [3.8, 4) is 5.69 Å². The van der Waals surface area contributed by atoms with Crippen molar-refractivity contribution in [2.24, 2.45) is 18.7 Å². The summed E-state index contributed by atoms with van der Waals surface area (Å²) in [6.45, 7) is 0.775. The van der Waals surface area contributed by atoms with Gasteiger partial charge in [-0.3, -0.25) is 4.79 Å². The second-order valence-electron chi connectivity index (χ2n) is 10.3. The summed E-state index contributed by atoms with van der Waals surface area (Å²) >= 11 is 0. The third-order valence-corrected chi connectivity index (χ3v) is 7.30. The standard InChI is InChI=1S/C30H30F4N6O2/c1-39-26(30(32,33)34)16-25(40(39)22-9-5-8-21(14-22)28(35)38-42)29(41)37-24-15-20(12-13-23(24)31)27(36-17-18-10-11-18)19-6-3-2-4-7-19/h2-9,12-16,18,27-28,36,38,42H,10-11,17,35H2,1H3/p+1. The van der Waals surface area contributed by atoms with Crippen LogP contribution >= 0.6 is 0 Å². The molecular weight excluding hydrogens is 552 g/mol. The molecule has 0 aliphatic heterocycles. The Morgan fingerprint density at radius 1 is 1.02 bits per heavy atom. The van der Waals surface area contributed by atoms with E-state index in [9.17, 15) is 23.2 Å². The fourth-order valence-corrected chi connectivity index (χ4v) is 4.90. The van der Waals surface area contributed by atoms with Crippen molar-refractivity contribution in [1.29, 1.82) is 0 Å². The molecule has 2 atom stereocenters. The average Bonchev–Trinajstić information content (AvgIpc) is 3.73. The topological polar surface area (TPSA) is 108 Å². The maximum atomic E-state index is 15.0. The highest BCUT2D eigenvalue weighted by Gasteiger charge is 2.42. The summed E-state index contributed by atoms with van der Waals surface area (Å²) in [5.74, 6) is -1.11. The van der Waals surface area contributed by atoms with Gasteiger partial charge in [0.2, 0.25) is 5.69 Å². The number of amides is 1. The summed E-state index contributed by atoms with van der Waals surface area (Å²) in [6, 6.07) is 20.4. The molecule has 1 fully saturated rings. The zero-order valence-electron chi connectivity index (χ0n) is 22.7. The molecule has 5 rings (SSSR count). The monoisotopic (exact) mass is 583 g/mol. The number of halogens is 4. The number of nitrogens with one attached hydrogen (secondary N) is 3. The number of hydroxylamine groups is 1. The van der Waals surface area contributed by atoms with Gasteiger partial charge in [0, 0.05) is 12.1 Å². The minimum absolute atomic E-state index is 0.170.